The molecule has 2 N–H and O–H groups in total. The molecule has 1 aromatic heterocycles. The molecule has 0 radical (unpaired) electrons. The first-order valence-electron chi connectivity index (χ1n) is 9.46. The van der Waals surface area contributed by atoms with Gasteiger partial charge in [-0.3, -0.25) is 4.98 Å². The van der Waals surface area contributed by atoms with E-state index in [-0.39, 0.29) is 30.1 Å². The van der Waals surface area contributed by atoms with Gasteiger partial charge in [0.05, 0.1) is 10.5 Å². The zero-order chi connectivity index (χ0) is 20.9. The van der Waals surface area contributed by atoms with Crippen molar-refractivity contribution < 1.29 is 9.84 Å². The van der Waals surface area contributed by atoms with Gasteiger partial charge in [-0.05, 0) is 50.1 Å². The number of hydrogen-bond donors (Lipinski definition) is 2. The highest BCUT2D eigenvalue weighted by Crippen LogP contribution is 2.25. The first-order chi connectivity index (χ1) is 13.9. The van der Waals surface area contributed by atoms with Crippen LogP contribution in [0.4, 0.5) is 0 Å². The monoisotopic (exact) mass is 445 g/mol. The fraction of sp³-hybridized carbons (Fsp3) is 0.304. The average molecular weight is 446 g/mol. The summed E-state index contributed by atoms with van der Waals surface area (Å²) >= 11 is 6.00. The third-order valence-electron chi connectivity index (χ3n) is 4.63. The molecule has 0 aliphatic carbocycles. The number of nitrogens with zero attached hydrogens (tertiary/aromatic N) is 2. The molecule has 7 heteroatoms. The van der Waals surface area contributed by atoms with Gasteiger partial charge in [0.2, 0.25) is 0 Å². The fourth-order valence-electron chi connectivity index (χ4n) is 3.16. The van der Waals surface area contributed by atoms with Gasteiger partial charge in [0, 0.05) is 23.7 Å². The predicted octanol–water partition coefficient (Wildman–Crippen LogP) is 4.53. The lowest BCUT2D eigenvalue weighted by Gasteiger charge is -2.28. The van der Waals surface area contributed by atoms with Crippen LogP contribution in [0.15, 0.2) is 54.7 Å². The van der Waals surface area contributed by atoms with Crippen molar-refractivity contribution in [3.63, 3.8) is 0 Å². The molecular formula is C23H25Cl2N3O2. The normalized spacial score (nSPS) is 12.1. The van der Waals surface area contributed by atoms with Crippen molar-refractivity contribution >= 4 is 34.9 Å². The van der Waals surface area contributed by atoms with Gasteiger partial charge in [0.1, 0.15) is 30.1 Å². The van der Waals surface area contributed by atoms with Crippen molar-refractivity contribution in [2.24, 2.45) is 0 Å². The summed E-state index contributed by atoms with van der Waals surface area (Å²) in [6.45, 7) is 4.59. The first-order valence-corrected chi connectivity index (χ1v) is 9.84. The van der Waals surface area contributed by atoms with E-state index in [1.54, 1.807) is 18.2 Å². The van der Waals surface area contributed by atoms with E-state index in [0.29, 0.717) is 17.3 Å². The van der Waals surface area contributed by atoms with Crippen molar-refractivity contribution in [3.05, 3.63) is 70.9 Å². The highest BCUT2D eigenvalue weighted by molar-refractivity contribution is 6.31. The highest BCUT2D eigenvalue weighted by atomic mass is 35.5. The number of benzene rings is 2. The van der Waals surface area contributed by atoms with E-state index in [4.69, 9.17) is 16.3 Å². The molecule has 5 nitrogen and oxygen atoms in total. The number of pyridine rings is 1. The number of nitriles is 1. The summed E-state index contributed by atoms with van der Waals surface area (Å²) in [5, 5.41) is 24.3. The van der Waals surface area contributed by atoms with Crippen LogP contribution < -0.4 is 10.1 Å². The number of aromatic nitrogens is 1. The highest BCUT2D eigenvalue weighted by Gasteiger charge is 2.20. The third-order valence-corrected chi connectivity index (χ3v) is 4.94. The summed E-state index contributed by atoms with van der Waals surface area (Å²) in [6.07, 6.45) is 1.94. The van der Waals surface area contributed by atoms with Crippen molar-refractivity contribution in [1.82, 2.24) is 10.3 Å². The van der Waals surface area contributed by atoms with Crippen LogP contribution in [0.1, 0.15) is 25.0 Å². The second kappa shape index (κ2) is 10.6. The van der Waals surface area contributed by atoms with E-state index < -0.39 is 6.10 Å². The Bertz CT molecular complexity index is 1030. The topological polar surface area (TPSA) is 78.2 Å². The van der Waals surface area contributed by atoms with Gasteiger partial charge in [-0.15, -0.1) is 12.4 Å². The Morgan fingerprint density at radius 1 is 1.23 bits per heavy atom. The lowest BCUT2D eigenvalue weighted by atomic mass is 9.95. The number of para-hydroxylation sites is 1. The number of halogens is 2. The van der Waals surface area contributed by atoms with Crippen LogP contribution in [-0.4, -0.2) is 34.9 Å². The summed E-state index contributed by atoms with van der Waals surface area (Å²) in [6, 6.07) is 17.2. The lowest BCUT2D eigenvalue weighted by Crippen LogP contribution is -2.46. The van der Waals surface area contributed by atoms with E-state index >= 15 is 0 Å². The molecule has 30 heavy (non-hydrogen) atoms. The fourth-order valence-corrected chi connectivity index (χ4v) is 3.37. The van der Waals surface area contributed by atoms with Crippen molar-refractivity contribution in [1.29, 1.82) is 5.26 Å². The molecule has 3 aromatic rings. The van der Waals surface area contributed by atoms with Crippen molar-refractivity contribution in [3.8, 4) is 11.8 Å². The molecule has 0 aliphatic heterocycles. The maximum absolute atomic E-state index is 10.3. The maximum Gasteiger partial charge on any atom is 0.138 e. The number of rotatable bonds is 8. The van der Waals surface area contributed by atoms with E-state index in [1.807, 2.05) is 30.5 Å². The SMILES string of the molecule is CC(C)(Cc1cnc2ccccc2c1)NCC(O)COc1cccc(Cl)c1C#N.Cl. The Labute approximate surface area is 188 Å². The summed E-state index contributed by atoms with van der Waals surface area (Å²) in [5.41, 5.74) is 2.15. The minimum absolute atomic E-state index is 0. The molecule has 1 unspecified atom stereocenters. The summed E-state index contributed by atoms with van der Waals surface area (Å²) < 4.78 is 5.60. The molecule has 0 amide bonds. The van der Waals surface area contributed by atoms with Gasteiger partial charge in [0.25, 0.3) is 0 Å². The van der Waals surface area contributed by atoms with Gasteiger partial charge in [0.15, 0.2) is 0 Å². The van der Waals surface area contributed by atoms with Crippen molar-refractivity contribution in [2.75, 3.05) is 13.2 Å². The Balaban J connectivity index is 0.00000320. The first kappa shape index (κ1) is 23.9. The minimum Gasteiger partial charge on any atom is -0.489 e. The minimum atomic E-state index is -0.727. The zero-order valence-electron chi connectivity index (χ0n) is 16.9. The van der Waals surface area contributed by atoms with Gasteiger partial charge in [-0.25, -0.2) is 0 Å². The average Bonchev–Trinajstić information content (AvgIpc) is 2.70. The second-order valence-corrected chi connectivity index (χ2v) is 8.07. The largest absolute Gasteiger partial charge is 0.489 e. The molecule has 1 atom stereocenters. The summed E-state index contributed by atoms with van der Waals surface area (Å²) in [7, 11) is 0. The van der Waals surface area contributed by atoms with Crippen LogP contribution in [0.3, 0.4) is 0 Å². The molecule has 0 aliphatic rings. The molecule has 158 valence electrons. The summed E-state index contributed by atoms with van der Waals surface area (Å²) in [4.78, 5) is 4.51. The number of aliphatic hydroxyl groups is 1. The Morgan fingerprint density at radius 3 is 2.77 bits per heavy atom. The number of nitrogens with one attached hydrogen (secondary N) is 1. The summed E-state index contributed by atoms with van der Waals surface area (Å²) in [5.74, 6) is 0.376. The van der Waals surface area contributed by atoms with Crippen LogP contribution in [-0.2, 0) is 6.42 Å². The second-order valence-electron chi connectivity index (χ2n) is 7.67. The Hall–Kier alpha value is -2.36. The number of ether oxygens (including phenoxy) is 1. The van der Waals surface area contributed by atoms with Gasteiger partial charge < -0.3 is 15.2 Å². The van der Waals surface area contributed by atoms with E-state index in [9.17, 15) is 10.4 Å². The maximum atomic E-state index is 10.3. The predicted molar refractivity (Wildman–Crippen MR) is 122 cm³/mol. The number of hydrogen-bond acceptors (Lipinski definition) is 5. The van der Waals surface area contributed by atoms with E-state index in [2.05, 4.69) is 36.3 Å². The van der Waals surface area contributed by atoms with Gasteiger partial charge in [-0.2, -0.15) is 5.26 Å². The molecule has 0 saturated heterocycles. The van der Waals surface area contributed by atoms with Gasteiger partial charge in [-0.1, -0.05) is 35.9 Å². The van der Waals surface area contributed by atoms with Crippen LogP contribution in [0, 0.1) is 11.3 Å². The van der Waals surface area contributed by atoms with Crippen LogP contribution in [0.25, 0.3) is 10.9 Å². The van der Waals surface area contributed by atoms with E-state index in [0.717, 1.165) is 22.9 Å². The standard InChI is InChI=1S/C23H24ClN3O2.ClH/c1-23(2,11-16-10-17-6-3-4-8-21(17)26-13-16)27-14-18(28)15-29-22-9-5-7-20(24)19(22)12-25;/h3-10,13,18,27-28H,11,14-15H2,1-2H3;1H. The number of β-amino-alcohol motifs (C(OH)–C–C–N with tert-alkyl or cyclic N) is 1. The van der Waals surface area contributed by atoms with Crippen LogP contribution in [0.5, 0.6) is 5.75 Å². The molecule has 2 aromatic carbocycles. The van der Waals surface area contributed by atoms with E-state index in [1.165, 1.54) is 0 Å². The number of fused-ring (bicyclic) bond motifs is 1. The smallest absolute Gasteiger partial charge is 0.138 e. The van der Waals surface area contributed by atoms with Crippen LogP contribution >= 0.6 is 24.0 Å². The quantitative estimate of drug-likeness (QED) is 0.532. The molecular weight excluding hydrogens is 421 g/mol. The van der Waals surface area contributed by atoms with Gasteiger partial charge >= 0.3 is 0 Å². The zero-order valence-corrected chi connectivity index (χ0v) is 18.5. The molecule has 0 saturated carbocycles. The molecule has 0 bridgehead atoms. The molecule has 1 heterocycles. The van der Waals surface area contributed by atoms with Crippen LogP contribution in [0.2, 0.25) is 5.02 Å². The Morgan fingerprint density at radius 2 is 2.00 bits per heavy atom. The lowest BCUT2D eigenvalue weighted by molar-refractivity contribution is 0.0987. The van der Waals surface area contributed by atoms with Crippen molar-refractivity contribution in [2.45, 2.75) is 31.9 Å². The third kappa shape index (κ3) is 6.32. The molecule has 0 spiro atoms. The molecule has 0 fully saturated rings. The molecule has 3 rings (SSSR count). The number of aliphatic hydroxyl groups excluding tert-OH is 1. The Kier molecular flexibility index (Phi) is 8.45.